The van der Waals surface area contributed by atoms with E-state index in [4.69, 9.17) is 4.74 Å². The van der Waals surface area contributed by atoms with Crippen molar-refractivity contribution < 1.29 is 18.3 Å². The summed E-state index contributed by atoms with van der Waals surface area (Å²) in [6.45, 7) is 6.06. The zero-order chi connectivity index (χ0) is 21.8. The molecule has 31 heavy (non-hydrogen) atoms. The molecule has 0 unspecified atom stereocenters. The van der Waals surface area contributed by atoms with Crippen LogP contribution in [0.25, 0.3) is 10.9 Å². The number of benzene rings is 1. The largest absolute Gasteiger partial charge is 0.379 e. The monoisotopic (exact) mass is 435 g/mol. The summed E-state index contributed by atoms with van der Waals surface area (Å²) in [5.41, 5.74) is 1.03. The van der Waals surface area contributed by atoms with Gasteiger partial charge < -0.3 is 14.5 Å². The molecule has 3 heterocycles. The number of aromatic nitrogens is 2. The Balaban J connectivity index is 1.35. The highest BCUT2D eigenvalue weighted by molar-refractivity contribution is 5.81. The SMILES string of the molecule is O=C1CCOCCN1CCN1CCN(c2ccc3c(=O)n(CC(F)F)cnc3c2)CC1. The molecule has 0 radical (unpaired) electrons. The smallest absolute Gasteiger partial charge is 0.261 e. The van der Waals surface area contributed by atoms with E-state index in [1.165, 1.54) is 6.33 Å². The molecule has 1 aromatic heterocycles. The number of ether oxygens (including phenoxy) is 1. The van der Waals surface area contributed by atoms with Gasteiger partial charge in [-0.2, -0.15) is 0 Å². The molecule has 0 bridgehead atoms. The summed E-state index contributed by atoms with van der Waals surface area (Å²) in [5.74, 6) is 0.160. The molecule has 2 aliphatic heterocycles. The second kappa shape index (κ2) is 9.69. The van der Waals surface area contributed by atoms with E-state index >= 15 is 0 Å². The standard InChI is InChI=1S/C21H27F2N5O3/c22-19(23)14-28-15-24-18-13-16(1-2-17(18)21(28)30)26-7-4-25(5-8-26)6-9-27-10-12-31-11-3-20(27)29/h1-2,13,15,19H,3-12,14H2. The minimum Gasteiger partial charge on any atom is -0.379 e. The minimum absolute atomic E-state index is 0.160. The molecule has 2 aromatic rings. The van der Waals surface area contributed by atoms with Crippen molar-refractivity contribution in [3.8, 4) is 0 Å². The Labute approximate surface area is 179 Å². The zero-order valence-electron chi connectivity index (χ0n) is 17.4. The molecule has 0 saturated carbocycles. The van der Waals surface area contributed by atoms with Crippen molar-refractivity contribution in [2.24, 2.45) is 0 Å². The van der Waals surface area contributed by atoms with Crippen LogP contribution in [0.4, 0.5) is 14.5 Å². The molecule has 8 nitrogen and oxygen atoms in total. The maximum atomic E-state index is 12.6. The number of fused-ring (bicyclic) bond motifs is 1. The van der Waals surface area contributed by atoms with Gasteiger partial charge in [0.1, 0.15) is 0 Å². The van der Waals surface area contributed by atoms with Gasteiger partial charge in [0, 0.05) is 51.5 Å². The lowest BCUT2D eigenvalue weighted by molar-refractivity contribution is -0.130. The van der Waals surface area contributed by atoms with Crippen molar-refractivity contribution >= 4 is 22.5 Å². The fourth-order valence-corrected chi connectivity index (χ4v) is 4.07. The van der Waals surface area contributed by atoms with E-state index in [1.54, 1.807) is 6.07 Å². The molecule has 4 rings (SSSR count). The predicted molar refractivity (Wildman–Crippen MR) is 113 cm³/mol. The average molecular weight is 435 g/mol. The highest BCUT2D eigenvalue weighted by atomic mass is 19.3. The van der Waals surface area contributed by atoms with Crippen LogP contribution in [0.5, 0.6) is 0 Å². The van der Waals surface area contributed by atoms with Gasteiger partial charge in [-0.05, 0) is 18.2 Å². The van der Waals surface area contributed by atoms with Crippen LogP contribution in [-0.2, 0) is 16.1 Å². The van der Waals surface area contributed by atoms with E-state index in [0.29, 0.717) is 43.6 Å². The van der Waals surface area contributed by atoms with Crippen molar-refractivity contribution in [3.05, 3.63) is 34.9 Å². The molecule has 2 aliphatic rings. The van der Waals surface area contributed by atoms with Gasteiger partial charge in [0.25, 0.3) is 12.0 Å². The van der Waals surface area contributed by atoms with Gasteiger partial charge in [-0.25, -0.2) is 13.8 Å². The van der Waals surface area contributed by atoms with Gasteiger partial charge in [0.15, 0.2) is 0 Å². The predicted octanol–water partition coefficient (Wildman–Crippen LogP) is 1.03. The summed E-state index contributed by atoms with van der Waals surface area (Å²) >= 11 is 0. The number of anilines is 1. The number of carbonyl (C=O) groups is 1. The Morgan fingerprint density at radius 1 is 1.03 bits per heavy atom. The number of nitrogens with zero attached hydrogens (tertiary/aromatic N) is 5. The third-order valence-electron chi connectivity index (χ3n) is 5.89. The van der Waals surface area contributed by atoms with E-state index < -0.39 is 18.5 Å². The van der Waals surface area contributed by atoms with Crippen LogP contribution in [0, 0.1) is 0 Å². The van der Waals surface area contributed by atoms with E-state index in [9.17, 15) is 18.4 Å². The van der Waals surface area contributed by atoms with Crippen molar-refractivity contribution in [3.63, 3.8) is 0 Å². The lowest BCUT2D eigenvalue weighted by Crippen LogP contribution is -2.49. The van der Waals surface area contributed by atoms with Gasteiger partial charge in [-0.15, -0.1) is 0 Å². The molecule has 0 aliphatic carbocycles. The van der Waals surface area contributed by atoms with Gasteiger partial charge in [0.05, 0.1) is 43.4 Å². The van der Waals surface area contributed by atoms with Crippen LogP contribution in [0.2, 0.25) is 0 Å². The van der Waals surface area contributed by atoms with Gasteiger partial charge >= 0.3 is 0 Å². The molecule has 0 atom stereocenters. The van der Waals surface area contributed by atoms with Crippen molar-refractivity contribution in [2.75, 3.05) is 63.9 Å². The highest BCUT2D eigenvalue weighted by Gasteiger charge is 2.21. The number of carbonyl (C=O) groups excluding carboxylic acids is 1. The molecule has 1 amide bonds. The molecule has 0 spiro atoms. The van der Waals surface area contributed by atoms with Crippen LogP contribution < -0.4 is 10.5 Å². The number of rotatable bonds is 6. The van der Waals surface area contributed by atoms with Crippen LogP contribution >= 0.6 is 0 Å². The third kappa shape index (κ3) is 5.19. The third-order valence-corrected chi connectivity index (χ3v) is 5.89. The number of hydrogen-bond acceptors (Lipinski definition) is 6. The Hall–Kier alpha value is -2.59. The van der Waals surface area contributed by atoms with Crippen LogP contribution in [-0.4, -0.2) is 90.7 Å². The first-order valence-electron chi connectivity index (χ1n) is 10.6. The number of piperazine rings is 1. The molecule has 2 fully saturated rings. The first-order valence-corrected chi connectivity index (χ1v) is 10.6. The van der Waals surface area contributed by atoms with E-state index in [0.717, 1.165) is 43.0 Å². The minimum atomic E-state index is -2.60. The Kier molecular flexibility index (Phi) is 6.77. The van der Waals surface area contributed by atoms with Crippen molar-refractivity contribution in [1.29, 1.82) is 0 Å². The summed E-state index contributed by atoms with van der Waals surface area (Å²) < 4.78 is 31.5. The fraction of sp³-hybridized carbons (Fsp3) is 0.571. The number of amides is 1. The van der Waals surface area contributed by atoms with E-state index in [1.807, 2.05) is 17.0 Å². The average Bonchev–Trinajstić information content (AvgIpc) is 2.98. The Morgan fingerprint density at radius 2 is 1.84 bits per heavy atom. The van der Waals surface area contributed by atoms with Gasteiger partial charge in [0.2, 0.25) is 5.91 Å². The molecule has 2 saturated heterocycles. The lowest BCUT2D eigenvalue weighted by Gasteiger charge is -2.37. The topological polar surface area (TPSA) is 70.9 Å². The quantitative estimate of drug-likeness (QED) is 0.675. The molecular weight excluding hydrogens is 408 g/mol. The molecule has 168 valence electrons. The number of halogens is 2. The second-order valence-electron chi connectivity index (χ2n) is 7.87. The summed E-state index contributed by atoms with van der Waals surface area (Å²) in [7, 11) is 0. The number of hydrogen-bond donors (Lipinski definition) is 0. The van der Waals surface area contributed by atoms with Crippen molar-refractivity contribution in [2.45, 2.75) is 19.4 Å². The first-order chi connectivity index (χ1) is 15.0. The van der Waals surface area contributed by atoms with Crippen LogP contribution in [0.3, 0.4) is 0 Å². The van der Waals surface area contributed by atoms with Crippen molar-refractivity contribution in [1.82, 2.24) is 19.4 Å². The summed E-state index contributed by atoms with van der Waals surface area (Å²) in [4.78, 5) is 35.1. The second-order valence-corrected chi connectivity index (χ2v) is 7.87. The van der Waals surface area contributed by atoms with Crippen LogP contribution in [0.1, 0.15) is 6.42 Å². The molecule has 0 N–H and O–H groups in total. The lowest BCUT2D eigenvalue weighted by atomic mass is 10.2. The summed E-state index contributed by atoms with van der Waals surface area (Å²) in [5, 5.41) is 0.344. The normalized spacial score (nSPS) is 18.7. The summed E-state index contributed by atoms with van der Waals surface area (Å²) in [6, 6.07) is 5.36. The maximum absolute atomic E-state index is 12.6. The molecular formula is C21H27F2N5O3. The molecule has 10 heteroatoms. The fourth-order valence-electron chi connectivity index (χ4n) is 4.07. The first kappa shape index (κ1) is 21.6. The van der Waals surface area contributed by atoms with E-state index in [-0.39, 0.29) is 5.91 Å². The van der Waals surface area contributed by atoms with Gasteiger partial charge in [-0.3, -0.25) is 19.1 Å². The van der Waals surface area contributed by atoms with Gasteiger partial charge in [-0.1, -0.05) is 0 Å². The summed E-state index contributed by atoms with van der Waals surface area (Å²) in [6.07, 6.45) is -0.955. The highest BCUT2D eigenvalue weighted by Crippen LogP contribution is 2.20. The zero-order valence-corrected chi connectivity index (χ0v) is 17.4. The van der Waals surface area contributed by atoms with Crippen LogP contribution in [0.15, 0.2) is 29.3 Å². The van der Waals surface area contributed by atoms with E-state index in [2.05, 4.69) is 14.8 Å². The Morgan fingerprint density at radius 3 is 2.61 bits per heavy atom. The molecule has 1 aromatic carbocycles. The number of alkyl halides is 2. The Bertz CT molecular complexity index is 975. The maximum Gasteiger partial charge on any atom is 0.261 e.